The van der Waals surface area contributed by atoms with Crippen LogP contribution in [0.1, 0.15) is 44.9 Å². The molecule has 0 radical (unpaired) electrons. The predicted octanol–water partition coefficient (Wildman–Crippen LogP) is 3.55. The SMILES string of the molecule is C=CCCCC1CCCCC1=N. The summed E-state index contributed by atoms with van der Waals surface area (Å²) in [7, 11) is 0. The van der Waals surface area contributed by atoms with Gasteiger partial charge in [0, 0.05) is 5.71 Å². The van der Waals surface area contributed by atoms with Crippen LogP contribution < -0.4 is 0 Å². The molecule has 1 fully saturated rings. The minimum Gasteiger partial charge on any atom is -0.309 e. The summed E-state index contributed by atoms with van der Waals surface area (Å²) in [5.41, 5.74) is 1.00. The van der Waals surface area contributed by atoms with Gasteiger partial charge in [0.25, 0.3) is 0 Å². The van der Waals surface area contributed by atoms with Crippen LogP contribution in [0.25, 0.3) is 0 Å². The second-order valence-corrected chi connectivity index (χ2v) is 3.69. The van der Waals surface area contributed by atoms with Gasteiger partial charge in [-0.3, -0.25) is 0 Å². The van der Waals surface area contributed by atoms with E-state index in [1.165, 1.54) is 32.1 Å². The third-order valence-electron chi connectivity index (χ3n) is 2.70. The number of hydrogen-bond donors (Lipinski definition) is 1. The lowest BCUT2D eigenvalue weighted by Crippen LogP contribution is -2.17. The molecule has 1 saturated carbocycles. The molecule has 1 atom stereocenters. The molecule has 12 heavy (non-hydrogen) atoms. The van der Waals surface area contributed by atoms with E-state index >= 15 is 0 Å². The second kappa shape index (κ2) is 5.13. The molecule has 0 aliphatic heterocycles. The molecular weight excluding hydrogens is 146 g/mol. The zero-order valence-electron chi connectivity index (χ0n) is 7.81. The average molecular weight is 165 g/mol. The number of rotatable bonds is 4. The fourth-order valence-corrected chi connectivity index (χ4v) is 1.91. The van der Waals surface area contributed by atoms with E-state index in [0.717, 1.165) is 18.6 Å². The maximum absolute atomic E-state index is 7.76. The van der Waals surface area contributed by atoms with Gasteiger partial charge in [-0.25, -0.2) is 0 Å². The third-order valence-corrected chi connectivity index (χ3v) is 2.70. The fraction of sp³-hybridized carbons (Fsp3) is 0.727. The van der Waals surface area contributed by atoms with Crippen molar-refractivity contribution in [3.8, 4) is 0 Å². The number of hydrogen-bond acceptors (Lipinski definition) is 1. The number of allylic oxidation sites excluding steroid dienone is 1. The van der Waals surface area contributed by atoms with Crippen LogP contribution in [0.5, 0.6) is 0 Å². The molecule has 1 aliphatic carbocycles. The summed E-state index contributed by atoms with van der Waals surface area (Å²) >= 11 is 0. The highest BCUT2D eigenvalue weighted by molar-refractivity contribution is 5.84. The maximum Gasteiger partial charge on any atom is 0.0120 e. The first-order valence-electron chi connectivity index (χ1n) is 5.03. The minimum absolute atomic E-state index is 0.610. The molecule has 1 N–H and O–H groups in total. The highest BCUT2D eigenvalue weighted by Gasteiger charge is 2.17. The summed E-state index contributed by atoms with van der Waals surface area (Å²) in [5.74, 6) is 0.610. The monoisotopic (exact) mass is 165 g/mol. The molecule has 0 amide bonds. The van der Waals surface area contributed by atoms with Crippen molar-refractivity contribution in [2.45, 2.75) is 44.9 Å². The Balaban J connectivity index is 2.20. The molecule has 0 saturated heterocycles. The lowest BCUT2D eigenvalue weighted by molar-refractivity contribution is 0.483. The largest absolute Gasteiger partial charge is 0.309 e. The Morgan fingerprint density at radius 1 is 1.50 bits per heavy atom. The summed E-state index contributed by atoms with van der Waals surface area (Å²) in [5, 5.41) is 7.76. The Morgan fingerprint density at radius 2 is 2.33 bits per heavy atom. The third kappa shape index (κ3) is 2.80. The molecule has 0 spiro atoms. The van der Waals surface area contributed by atoms with E-state index < -0.39 is 0 Å². The maximum atomic E-state index is 7.76. The summed E-state index contributed by atoms with van der Waals surface area (Å²) in [4.78, 5) is 0. The molecule has 0 heterocycles. The molecule has 1 unspecified atom stereocenters. The average Bonchev–Trinajstić information content (AvgIpc) is 2.09. The van der Waals surface area contributed by atoms with E-state index in [0.29, 0.717) is 5.92 Å². The number of unbranched alkanes of at least 4 members (excludes halogenated alkanes) is 1. The van der Waals surface area contributed by atoms with Gasteiger partial charge in [0.05, 0.1) is 0 Å². The summed E-state index contributed by atoms with van der Waals surface area (Å²) in [6, 6.07) is 0. The second-order valence-electron chi connectivity index (χ2n) is 3.69. The van der Waals surface area contributed by atoms with Crippen molar-refractivity contribution in [2.75, 3.05) is 0 Å². The standard InChI is InChI=1S/C11H19N/c1-2-3-4-7-10-8-5-6-9-11(10)12/h2,10,12H,1,3-9H2. The lowest BCUT2D eigenvalue weighted by Gasteiger charge is -2.22. The Kier molecular flexibility index (Phi) is 4.06. The molecule has 1 heteroatoms. The summed E-state index contributed by atoms with van der Waals surface area (Å²) in [6.45, 7) is 3.71. The van der Waals surface area contributed by atoms with Crippen molar-refractivity contribution in [1.82, 2.24) is 0 Å². The van der Waals surface area contributed by atoms with Crippen molar-refractivity contribution in [1.29, 1.82) is 5.41 Å². The van der Waals surface area contributed by atoms with E-state index in [1.54, 1.807) is 0 Å². The summed E-state index contributed by atoms with van der Waals surface area (Å²) in [6.07, 6.45) is 10.4. The normalized spacial score (nSPS) is 24.0. The van der Waals surface area contributed by atoms with E-state index in [-0.39, 0.29) is 0 Å². The Hall–Kier alpha value is -0.590. The number of nitrogens with one attached hydrogen (secondary N) is 1. The topological polar surface area (TPSA) is 23.9 Å². The van der Waals surface area contributed by atoms with E-state index in [1.807, 2.05) is 6.08 Å². The molecule has 0 aromatic rings. The quantitative estimate of drug-likeness (QED) is 0.486. The smallest absolute Gasteiger partial charge is 0.0120 e. The van der Waals surface area contributed by atoms with Crippen molar-refractivity contribution >= 4 is 5.71 Å². The lowest BCUT2D eigenvalue weighted by atomic mass is 9.84. The van der Waals surface area contributed by atoms with Gasteiger partial charge in [0.1, 0.15) is 0 Å². The molecule has 1 rings (SSSR count). The van der Waals surface area contributed by atoms with Crippen LogP contribution in [0.15, 0.2) is 12.7 Å². The van der Waals surface area contributed by atoms with E-state index in [4.69, 9.17) is 5.41 Å². The van der Waals surface area contributed by atoms with Crippen LogP contribution in [-0.2, 0) is 0 Å². The molecule has 1 aliphatic rings. The summed E-state index contributed by atoms with van der Waals surface area (Å²) < 4.78 is 0. The van der Waals surface area contributed by atoms with Gasteiger partial charge < -0.3 is 5.41 Å². The Bertz CT molecular complexity index is 160. The first-order chi connectivity index (χ1) is 5.84. The van der Waals surface area contributed by atoms with E-state index in [9.17, 15) is 0 Å². The Morgan fingerprint density at radius 3 is 3.00 bits per heavy atom. The van der Waals surface area contributed by atoms with Gasteiger partial charge in [-0.1, -0.05) is 12.5 Å². The highest BCUT2D eigenvalue weighted by atomic mass is 14.5. The van der Waals surface area contributed by atoms with Crippen LogP contribution in [0, 0.1) is 11.3 Å². The van der Waals surface area contributed by atoms with E-state index in [2.05, 4.69) is 6.58 Å². The van der Waals surface area contributed by atoms with Crippen molar-refractivity contribution in [2.24, 2.45) is 5.92 Å². The van der Waals surface area contributed by atoms with Gasteiger partial charge in [-0.15, -0.1) is 6.58 Å². The van der Waals surface area contributed by atoms with Gasteiger partial charge in [-0.2, -0.15) is 0 Å². The van der Waals surface area contributed by atoms with Crippen molar-refractivity contribution < 1.29 is 0 Å². The zero-order valence-corrected chi connectivity index (χ0v) is 7.81. The van der Waals surface area contributed by atoms with Crippen LogP contribution in [0.3, 0.4) is 0 Å². The van der Waals surface area contributed by atoms with Crippen molar-refractivity contribution in [3.63, 3.8) is 0 Å². The molecule has 0 aromatic heterocycles. The first kappa shape index (κ1) is 9.50. The van der Waals surface area contributed by atoms with Crippen LogP contribution in [-0.4, -0.2) is 5.71 Å². The molecule has 0 bridgehead atoms. The minimum atomic E-state index is 0.610. The van der Waals surface area contributed by atoms with Crippen LogP contribution in [0.2, 0.25) is 0 Å². The van der Waals surface area contributed by atoms with Gasteiger partial charge >= 0.3 is 0 Å². The van der Waals surface area contributed by atoms with Crippen LogP contribution in [0.4, 0.5) is 0 Å². The predicted molar refractivity (Wildman–Crippen MR) is 53.7 cm³/mol. The molecule has 0 aromatic carbocycles. The van der Waals surface area contributed by atoms with Gasteiger partial charge in [0.15, 0.2) is 0 Å². The molecule has 1 nitrogen and oxygen atoms in total. The van der Waals surface area contributed by atoms with Crippen LogP contribution >= 0.6 is 0 Å². The molecule has 68 valence electrons. The fourth-order valence-electron chi connectivity index (χ4n) is 1.91. The van der Waals surface area contributed by atoms with Gasteiger partial charge in [0.2, 0.25) is 0 Å². The molecular formula is C11H19N. The first-order valence-corrected chi connectivity index (χ1v) is 5.03. The Labute approximate surface area is 75.4 Å². The highest BCUT2D eigenvalue weighted by Crippen LogP contribution is 2.25. The van der Waals surface area contributed by atoms with Gasteiger partial charge in [-0.05, 0) is 44.4 Å². The zero-order chi connectivity index (χ0) is 8.81. The van der Waals surface area contributed by atoms with Crippen molar-refractivity contribution in [3.05, 3.63) is 12.7 Å².